The molecule has 1 aliphatic carbocycles. The molecule has 0 N–H and O–H groups in total. The minimum absolute atomic E-state index is 0.104. The highest BCUT2D eigenvalue weighted by Gasteiger charge is 2.36. The second-order valence-corrected chi connectivity index (χ2v) is 14.2. The summed E-state index contributed by atoms with van der Waals surface area (Å²) in [6, 6.07) is 66.7. The van der Waals surface area contributed by atoms with Crippen molar-refractivity contribution in [2.45, 2.75) is 19.3 Å². The third kappa shape index (κ3) is 4.57. The fourth-order valence-corrected chi connectivity index (χ4v) is 8.50. The van der Waals surface area contributed by atoms with Crippen LogP contribution in [0.5, 0.6) is 0 Å². The zero-order valence-corrected chi connectivity index (χ0v) is 28.7. The van der Waals surface area contributed by atoms with Gasteiger partial charge in [-0.2, -0.15) is 0 Å². The van der Waals surface area contributed by atoms with Crippen molar-refractivity contribution < 1.29 is 0 Å². The summed E-state index contributed by atoms with van der Waals surface area (Å²) in [5.74, 6) is 0. The summed E-state index contributed by atoms with van der Waals surface area (Å²) in [6.45, 7) is 4.71. The number of nitrogens with zero attached hydrogens (tertiary/aromatic N) is 2. The van der Waals surface area contributed by atoms with E-state index < -0.39 is 0 Å². The summed E-state index contributed by atoms with van der Waals surface area (Å²) < 4.78 is 0. The van der Waals surface area contributed by atoms with Gasteiger partial charge in [0.2, 0.25) is 0 Å². The van der Waals surface area contributed by atoms with Gasteiger partial charge in [-0.15, -0.1) is 0 Å². The van der Waals surface area contributed by atoms with Crippen molar-refractivity contribution in [2.24, 2.45) is 0 Å². The van der Waals surface area contributed by atoms with Gasteiger partial charge >= 0.3 is 0 Å². The average Bonchev–Trinajstić information content (AvgIpc) is 3.41. The topological polar surface area (TPSA) is 6.48 Å². The summed E-state index contributed by atoms with van der Waals surface area (Å²) in [5, 5.41) is 2.54. The van der Waals surface area contributed by atoms with Gasteiger partial charge in [-0.25, -0.2) is 0 Å². The molecular weight excluding hydrogens is 617 g/mol. The molecule has 0 radical (unpaired) electrons. The van der Waals surface area contributed by atoms with Crippen LogP contribution in [0, 0.1) is 0 Å². The van der Waals surface area contributed by atoms with Crippen molar-refractivity contribution in [1.29, 1.82) is 0 Å². The number of hydrogen-bond acceptors (Lipinski definition) is 2. The molecule has 0 spiro atoms. The summed E-state index contributed by atoms with van der Waals surface area (Å²) >= 11 is 0. The number of fused-ring (bicyclic) bond motifs is 5. The number of para-hydroxylation sites is 1. The zero-order valence-electron chi connectivity index (χ0n) is 28.7. The van der Waals surface area contributed by atoms with Crippen molar-refractivity contribution in [2.75, 3.05) is 9.80 Å². The first-order valence-electron chi connectivity index (χ1n) is 17.8. The molecule has 0 unspecified atom stereocenters. The van der Waals surface area contributed by atoms with Crippen molar-refractivity contribution in [1.82, 2.24) is 0 Å². The Morgan fingerprint density at radius 2 is 1.00 bits per heavy atom. The van der Waals surface area contributed by atoms with Crippen LogP contribution in [-0.4, -0.2) is 0 Å². The van der Waals surface area contributed by atoms with E-state index >= 15 is 0 Å². The van der Waals surface area contributed by atoms with E-state index in [9.17, 15) is 0 Å². The van der Waals surface area contributed by atoms with Crippen LogP contribution in [0.1, 0.15) is 25.0 Å². The Balaban J connectivity index is 1.19. The van der Waals surface area contributed by atoms with Crippen LogP contribution in [0.3, 0.4) is 0 Å². The van der Waals surface area contributed by atoms with Gasteiger partial charge in [-0.1, -0.05) is 141 Å². The van der Waals surface area contributed by atoms with Crippen LogP contribution in [0.15, 0.2) is 182 Å². The number of anilines is 6. The lowest BCUT2D eigenvalue weighted by atomic mass is 9.82. The zero-order chi connectivity index (χ0) is 34.1. The summed E-state index contributed by atoms with van der Waals surface area (Å²) in [7, 11) is 0. The van der Waals surface area contributed by atoms with Gasteiger partial charge in [0.25, 0.3) is 0 Å². The summed E-state index contributed by atoms with van der Waals surface area (Å²) in [5.41, 5.74) is 17.1. The molecule has 0 saturated heterocycles. The van der Waals surface area contributed by atoms with Crippen LogP contribution in [0.4, 0.5) is 34.1 Å². The molecule has 2 aliphatic rings. The summed E-state index contributed by atoms with van der Waals surface area (Å²) in [4.78, 5) is 4.87. The maximum absolute atomic E-state index is 2.44. The van der Waals surface area contributed by atoms with Crippen molar-refractivity contribution >= 4 is 44.9 Å². The fraction of sp³-hybridized carbons (Fsp3) is 0.0612. The van der Waals surface area contributed by atoms with E-state index in [4.69, 9.17) is 0 Å². The van der Waals surface area contributed by atoms with Crippen LogP contribution >= 0.6 is 0 Å². The number of hydrogen-bond donors (Lipinski definition) is 0. The Bertz CT molecular complexity index is 2600. The van der Waals surface area contributed by atoms with Crippen LogP contribution in [0.25, 0.3) is 44.2 Å². The first-order valence-corrected chi connectivity index (χ1v) is 17.8. The average molecular weight is 653 g/mol. The van der Waals surface area contributed by atoms with Gasteiger partial charge in [0.15, 0.2) is 0 Å². The van der Waals surface area contributed by atoms with Gasteiger partial charge in [-0.3, -0.25) is 0 Å². The highest BCUT2D eigenvalue weighted by molar-refractivity contribution is 6.14. The molecule has 2 nitrogen and oxygen atoms in total. The first kappa shape index (κ1) is 29.5. The summed E-state index contributed by atoms with van der Waals surface area (Å²) in [6.07, 6.45) is 0. The molecule has 1 heterocycles. The SMILES string of the molecule is CC1(C)c2ccccc2-c2ccc(N(c3ccc(-c4ccccc4)cc3)c3ccc4c(c3)N(c3ccccc3)c3cccc5cccc-4c35)cc21. The third-order valence-corrected chi connectivity index (χ3v) is 11.0. The van der Waals surface area contributed by atoms with Crippen molar-refractivity contribution in [3.8, 4) is 33.4 Å². The molecular formula is C49H36N2. The highest BCUT2D eigenvalue weighted by Crippen LogP contribution is 2.54. The molecule has 242 valence electrons. The molecule has 0 amide bonds. The largest absolute Gasteiger partial charge is 0.310 e. The normalized spacial score (nSPS) is 13.4. The molecule has 0 bridgehead atoms. The van der Waals surface area contributed by atoms with E-state index in [2.05, 4.69) is 206 Å². The Labute approximate surface area is 299 Å². The van der Waals surface area contributed by atoms with Crippen LogP contribution < -0.4 is 9.80 Å². The minimum Gasteiger partial charge on any atom is -0.310 e. The Morgan fingerprint density at radius 1 is 0.412 bits per heavy atom. The Hall–Kier alpha value is -6.38. The highest BCUT2D eigenvalue weighted by atomic mass is 15.2. The molecule has 0 fully saturated rings. The molecule has 10 rings (SSSR count). The van der Waals surface area contributed by atoms with Gasteiger partial charge < -0.3 is 9.80 Å². The minimum atomic E-state index is -0.104. The number of benzene rings is 8. The standard InChI is InChI=1S/C49H36N2/c1-49(2)44-21-10-9-19-40(44)41-29-27-38(31-45(41)49)50(37-25-23-34(24-26-37)33-13-5-3-6-14-33)39-28-30-42-43-20-11-15-35-16-12-22-46(48(35)43)51(47(42)32-39)36-17-7-4-8-18-36/h3-32H,1-2H3. The molecule has 0 saturated carbocycles. The van der Waals surface area contributed by atoms with Crippen LogP contribution in [-0.2, 0) is 5.41 Å². The molecule has 0 atom stereocenters. The van der Waals surface area contributed by atoms with Gasteiger partial charge in [0.05, 0.1) is 11.4 Å². The van der Waals surface area contributed by atoms with Crippen molar-refractivity contribution in [3.63, 3.8) is 0 Å². The van der Waals surface area contributed by atoms with E-state index in [0.29, 0.717) is 0 Å². The molecule has 8 aromatic rings. The molecule has 51 heavy (non-hydrogen) atoms. The van der Waals surface area contributed by atoms with Gasteiger partial charge in [0.1, 0.15) is 0 Å². The smallest absolute Gasteiger partial charge is 0.0561 e. The van der Waals surface area contributed by atoms with Crippen LogP contribution in [0.2, 0.25) is 0 Å². The second kappa shape index (κ2) is 11.3. The van der Waals surface area contributed by atoms with E-state index in [1.807, 2.05) is 0 Å². The van der Waals surface area contributed by atoms with Crippen molar-refractivity contribution in [3.05, 3.63) is 193 Å². The molecule has 1 aliphatic heterocycles. The number of rotatable bonds is 5. The van der Waals surface area contributed by atoms with E-state index in [-0.39, 0.29) is 5.41 Å². The maximum atomic E-state index is 2.44. The lowest BCUT2D eigenvalue weighted by Gasteiger charge is -2.35. The predicted octanol–water partition coefficient (Wildman–Crippen LogP) is 13.7. The quantitative estimate of drug-likeness (QED) is 0.183. The van der Waals surface area contributed by atoms with Gasteiger partial charge in [0, 0.05) is 39.1 Å². The first-order chi connectivity index (χ1) is 25.1. The molecule has 2 heteroatoms. The monoisotopic (exact) mass is 652 g/mol. The van der Waals surface area contributed by atoms with E-state index in [1.54, 1.807) is 0 Å². The molecule has 0 aromatic heterocycles. The van der Waals surface area contributed by atoms with Gasteiger partial charge in [-0.05, 0) is 98.9 Å². The van der Waals surface area contributed by atoms with E-state index in [1.165, 1.54) is 66.7 Å². The Kier molecular flexibility index (Phi) is 6.56. The maximum Gasteiger partial charge on any atom is 0.0561 e. The lowest BCUT2D eigenvalue weighted by Crippen LogP contribution is -2.18. The fourth-order valence-electron chi connectivity index (χ4n) is 8.50. The second-order valence-electron chi connectivity index (χ2n) is 14.2. The Morgan fingerprint density at radius 3 is 1.78 bits per heavy atom. The van der Waals surface area contributed by atoms with E-state index in [0.717, 1.165) is 22.7 Å². The third-order valence-electron chi connectivity index (χ3n) is 11.0. The molecule has 8 aromatic carbocycles. The lowest BCUT2D eigenvalue weighted by molar-refractivity contribution is 0.660. The predicted molar refractivity (Wildman–Crippen MR) is 215 cm³/mol.